The average molecular weight is 214 g/mol. The van der Waals surface area contributed by atoms with Gasteiger partial charge in [0.1, 0.15) is 11.8 Å². The van der Waals surface area contributed by atoms with E-state index in [-0.39, 0.29) is 0 Å². The van der Waals surface area contributed by atoms with Gasteiger partial charge in [-0.05, 0) is 31.2 Å². The maximum absolute atomic E-state index is 8.78. The molecule has 0 bridgehead atoms. The second-order valence-corrected chi connectivity index (χ2v) is 3.25. The topological polar surface area (TPSA) is 63.7 Å². The zero-order valence-electron chi connectivity index (χ0n) is 9.01. The Labute approximate surface area is 92.9 Å². The lowest BCUT2D eigenvalue weighted by Crippen LogP contribution is -1.99. The van der Waals surface area contributed by atoms with E-state index in [1.54, 1.807) is 11.8 Å². The molecule has 16 heavy (non-hydrogen) atoms. The fourth-order valence-electron chi connectivity index (χ4n) is 1.40. The normalized spacial score (nSPS) is 9.81. The first-order valence-corrected chi connectivity index (χ1v) is 4.73. The van der Waals surface area contributed by atoms with E-state index in [0.717, 1.165) is 17.1 Å². The number of benzene rings is 1. The summed E-state index contributed by atoms with van der Waals surface area (Å²) in [5.74, 6) is 0.780. The van der Waals surface area contributed by atoms with Crippen molar-refractivity contribution < 1.29 is 4.74 Å². The molecule has 0 atom stereocenters. The summed E-state index contributed by atoms with van der Waals surface area (Å²) in [5, 5.41) is 16.5. The quantitative estimate of drug-likeness (QED) is 0.759. The molecular weight excluding hydrogens is 204 g/mol. The molecule has 1 aromatic carbocycles. The number of rotatable bonds is 2. The highest BCUT2D eigenvalue weighted by Crippen LogP contribution is 2.16. The Kier molecular flexibility index (Phi) is 2.56. The van der Waals surface area contributed by atoms with E-state index in [9.17, 15) is 0 Å². The van der Waals surface area contributed by atoms with Crippen molar-refractivity contribution >= 4 is 0 Å². The summed E-state index contributed by atoms with van der Waals surface area (Å²) in [5.41, 5.74) is 1.93. The zero-order chi connectivity index (χ0) is 11.5. The molecule has 0 saturated carbocycles. The van der Waals surface area contributed by atoms with Crippen molar-refractivity contribution in [2.75, 3.05) is 7.11 Å². The molecular formula is C11H10N4O. The molecule has 0 radical (unpaired) electrons. The third kappa shape index (κ3) is 1.61. The van der Waals surface area contributed by atoms with Crippen LogP contribution in [0.2, 0.25) is 0 Å². The molecule has 5 nitrogen and oxygen atoms in total. The molecule has 0 saturated heterocycles. The smallest absolute Gasteiger partial charge is 0.186 e. The largest absolute Gasteiger partial charge is 0.497 e. The molecule has 2 rings (SSSR count). The third-order valence-electron chi connectivity index (χ3n) is 2.32. The van der Waals surface area contributed by atoms with Crippen molar-refractivity contribution in [3.8, 4) is 17.5 Å². The van der Waals surface area contributed by atoms with E-state index in [4.69, 9.17) is 10.00 Å². The molecule has 2 aromatic rings. The molecule has 5 heteroatoms. The van der Waals surface area contributed by atoms with E-state index in [2.05, 4.69) is 10.3 Å². The molecule has 80 valence electrons. The van der Waals surface area contributed by atoms with Crippen LogP contribution in [0.25, 0.3) is 5.69 Å². The Bertz CT molecular complexity index is 536. The summed E-state index contributed by atoms with van der Waals surface area (Å²) in [6.45, 7) is 1.81. The predicted octanol–water partition coefficient (Wildman–Crippen LogP) is 1.46. The summed E-state index contributed by atoms with van der Waals surface area (Å²) in [4.78, 5) is 0. The molecule has 0 fully saturated rings. The number of hydrogen-bond donors (Lipinski definition) is 0. The van der Waals surface area contributed by atoms with Gasteiger partial charge in [-0.25, -0.2) is 4.68 Å². The maximum Gasteiger partial charge on any atom is 0.186 e. The van der Waals surface area contributed by atoms with E-state index in [1.807, 2.05) is 37.3 Å². The fourth-order valence-corrected chi connectivity index (χ4v) is 1.40. The second-order valence-electron chi connectivity index (χ2n) is 3.25. The molecule has 1 heterocycles. The minimum absolute atomic E-state index is 0.343. The average Bonchev–Trinajstić information content (AvgIpc) is 2.70. The van der Waals surface area contributed by atoms with Crippen molar-refractivity contribution in [1.29, 1.82) is 5.26 Å². The first kappa shape index (κ1) is 10.2. The van der Waals surface area contributed by atoms with Crippen LogP contribution in [0.15, 0.2) is 24.3 Å². The minimum Gasteiger partial charge on any atom is -0.497 e. The standard InChI is InChI=1S/C11H10N4O/c1-8-11(7-12)13-14-15(8)9-3-5-10(16-2)6-4-9/h3-6H,1-2H3. The summed E-state index contributed by atoms with van der Waals surface area (Å²) in [6.07, 6.45) is 0. The maximum atomic E-state index is 8.78. The first-order valence-electron chi connectivity index (χ1n) is 4.73. The van der Waals surface area contributed by atoms with Gasteiger partial charge in [-0.15, -0.1) is 5.10 Å². The van der Waals surface area contributed by atoms with Crippen LogP contribution in [-0.2, 0) is 0 Å². The van der Waals surface area contributed by atoms with E-state index in [0.29, 0.717) is 5.69 Å². The van der Waals surface area contributed by atoms with Crippen LogP contribution < -0.4 is 4.74 Å². The van der Waals surface area contributed by atoms with E-state index < -0.39 is 0 Å². The number of aromatic nitrogens is 3. The van der Waals surface area contributed by atoms with E-state index >= 15 is 0 Å². The Morgan fingerprint density at radius 3 is 2.50 bits per heavy atom. The van der Waals surface area contributed by atoms with Gasteiger partial charge in [-0.1, -0.05) is 5.21 Å². The molecule has 0 spiro atoms. The Morgan fingerprint density at radius 1 is 1.31 bits per heavy atom. The lowest BCUT2D eigenvalue weighted by Gasteiger charge is -2.04. The summed E-state index contributed by atoms with van der Waals surface area (Å²) >= 11 is 0. The molecule has 0 aliphatic heterocycles. The van der Waals surface area contributed by atoms with Gasteiger partial charge < -0.3 is 4.74 Å². The van der Waals surface area contributed by atoms with E-state index in [1.165, 1.54) is 0 Å². The van der Waals surface area contributed by atoms with Crippen LogP contribution in [0.1, 0.15) is 11.4 Å². The number of ether oxygens (including phenoxy) is 1. The summed E-state index contributed by atoms with van der Waals surface area (Å²) in [6, 6.07) is 9.39. The van der Waals surface area contributed by atoms with Gasteiger partial charge in [0.05, 0.1) is 18.5 Å². The van der Waals surface area contributed by atoms with Gasteiger partial charge in [0.15, 0.2) is 5.69 Å². The Balaban J connectivity index is 2.43. The van der Waals surface area contributed by atoms with Gasteiger partial charge >= 0.3 is 0 Å². The van der Waals surface area contributed by atoms with Crippen LogP contribution in [0.4, 0.5) is 0 Å². The van der Waals surface area contributed by atoms with Gasteiger partial charge in [0.2, 0.25) is 0 Å². The van der Waals surface area contributed by atoms with Crippen molar-refractivity contribution in [1.82, 2.24) is 15.0 Å². The Morgan fingerprint density at radius 2 is 2.00 bits per heavy atom. The first-order chi connectivity index (χ1) is 7.76. The van der Waals surface area contributed by atoms with Gasteiger partial charge in [-0.3, -0.25) is 0 Å². The summed E-state index contributed by atoms with van der Waals surface area (Å²) in [7, 11) is 1.61. The molecule has 0 aliphatic carbocycles. The SMILES string of the molecule is COc1ccc(-n2nnc(C#N)c2C)cc1. The lowest BCUT2D eigenvalue weighted by molar-refractivity contribution is 0.414. The predicted molar refractivity (Wildman–Crippen MR) is 57.4 cm³/mol. The van der Waals surface area contributed by atoms with Crippen molar-refractivity contribution in [3.63, 3.8) is 0 Å². The molecule has 1 aromatic heterocycles. The highest BCUT2D eigenvalue weighted by atomic mass is 16.5. The van der Waals surface area contributed by atoms with Crippen molar-refractivity contribution in [2.24, 2.45) is 0 Å². The molecule has 0 N–H and O–H groups in total. The fraction of sp³-hybridized carbons (Fsp3) is 0.182. The number of nitrogens with zero attached hydrogens (tertiary/aromatic N) is 4. The Hall–Kier alpha value is -2.35. The van der Waals surface area contributed by atoms with Crippen LogP contribution in [-0.4, -0.2) is 22.1 Å². The van der Waals surface area contributed by atoms with Crippen LogP contribution in [0.3, 0.4) is 0 Å². The number of methoxy groups -OCH3 is 1. The van der Waals surface area contributed by atoms with Crippen LogP contribution >= 0.6 is 0 Å². The van der Waals surface area contributed by atoms with Crippen LogP contribution in [0, 0.1) is 18.3 Å². The summed E-state index contributed by atoms with van der Waals surface area (Å²) < 4.78 is 6.69. The van der Waals surface area contributed by atoms with Crippen LogP contribution in [0.5, 0.6) is 5.75 Å². The molecule has 0 amide bonds. The van der Waals surface area contributed by atoms with Gasteiger partial charge in [-0.2, -0.15) is 5.26 Å². The van der Waals surface area contributed by atoms with Gasteiger partial charge in [0, 0.05) is 0 Å². The lowest BCUT2D eigenvalue weighted by atomic mass is 10.3. The monoisotopic (exact) mass is 214 g/mol. The third-order valence-corrected chi connectivity index (χ3v) is 2.32. The number of hydrogen-bond acceptors (Lipinski definition) is 4. The van der Waals surface area contributed by atoms with Gasteiger partial charge in [0.25, 0.3) is 0 Å². The number of nitriles is 1. The minimum atomic E-state index is 0.343. The van der Waals surface area contributed by atoms with Crippen molar-refractivity contribution in [3.05, 3.63) is 35.7 Å². The van der Waals surface area contributed by atoms with Crippen molar-refractivity contribution in [2.45, 2.75) is 6.92 Å². The highest BCUT2D eigenvalue weighted by Gasteiger charge is 2.08. The zero-order valence-corrected chi connectivity index (χ0v) is 9.01. The molecule has 0 unspecified atom stereocenters. The second kappa shape index (κ2) is 4.03. The molecule has 0 aliphatic rings. The highest BCUT2D eigenvalue weighted by molar-refractivity contribution is 5.39.